The first kappa shape index (κ1) is 21.5. The van der Waals surface area contributed by atoms with Crippen LogP contribution in [-0.2, 0) is 16.6 Å². The molecule has 8 nitrogen and oxygen atoms in total. The van der Waals surface area contributed by atoms with Gasteiger partial charge in [0.05, 0.1) is 21.3 Å². The summed E-state index contributed by atoms with van der Waals surface area (Å²) in [5.74, 6) is 0.816. The topological polar surface area (TPSA) is 94.2 Å². The smallest absolute Gasteiger partial charge is 0.251 e. The minimum Gasteiger partial charge on any atom is -0.495 e. The lowest BCUT2D eigenvalue weighted by atomic mass is 10.1. The number of ether oxygens (including phenoxy) is 3. The molecule has 0 radical (unpaired) electrons. The van der Waals surface area contributed by atoms with Crippen LogP contribution in [0.5, 0.6) is 17.2 Å². The molecule has 9 heteroatoms. The molecule has 152 valence electrons. The highest BCUT2D eigenvalue weighted by atomic mass is 32.2. The number of nitrogens with one attached hydrogen (secondary N) is 1. The van der Waals surface area contributed by atoms with E-state index in [1.165, 1.54) is 53.6 Å². The summed E-state index contributed by atoms with van der Waals surface area (Å²) in [4.78, 5) is 12.5. The van der Waals surface area contributed by atoms with E-state index < -0.39 is 15.9 Å². The van der Waals surface area contributed by atoms with Crippen LogP contribution in [0.1, 0.15) is 15.9 Å². The molecule has 0 fully saturated rings. The largest absolute Gasteiger partial charge is 0.495 e. The molecule has 0 saturated carbocycles. The molecule has 0 aliphatic heterocycles. The van der Waals surface area contributed by atoms with Gasteiger partial charge in [0.2, 0.25) is 10.0 Å². The van der Waals surface area contributed by atoms with Crippen molar-refractivity contribution in [2.45, 2.75) is 11.4 Å². The van der Waals surface area contributed by atoms with Crippen molar-refractivity contribution in [1.82, 2.24) is 9.62 Å². The number of rotatable bonds is 8. The summed E-state index contributed by atoms with van der Waals surface area (Å²) in [5.41, 5.74) is 0.924. The van der Waals surface area contributed by atoms with Crippen molar-refractivity contribution in [3.05, 3.63) is 47.5 Å². The van der Waals surface area contributed by atoms with E-state index in [9.17, 15) is 13.2 Å². The Kier molecular flexibility index (Phi) is 6.87. The molecular weight excluding hydrogens is 384 g/mol. The molecule has 2 aromatic carbocycles. The van der Waals surface area contributed by atoms with Crippen molar-refractivity contribution in [2.75, 3.05) is 35.4 Å². The molecule has 1 N–H and O–H groups in total. The molecule has 0 saturated heterocycles. The van der Waals surface area contributed by atoms with Gasteiger partial charge < -0.3 is 19.5 Å². The van der Waals surface area contributed by atoms with Crippen molar-refractivity contribution in [1.29, 1.82) is 0 Å². The van der Waals surface area contributed by atoms with Crippen LogP contribution in [0.3, 0.4) is 0 Å². The third kappa shape index (κ3) is 4.37. The monoisotopic (exact) mass is 408 g/mol. The molecule has 0 bridgehead atoms. The van der Waals surface area contributed by atoms with Gasteiger partial charge in [-0.3, -0.25) is 4.79 Å². The highest BCUT2D eigenvalue weighted by Crippen LogP contribution is 2.31. The standard InChI is InChI=1S/C19H24N2O6S/c1-21(2)28(23,24)17-11-13(9-10-15(17)25-3)19(22)20-12-14-7-6-8-16(26-4)18(14)27-5/h6-11H,12H2,1-5H3,(H,20,22). The van der Waals surface area contributed by atoms with Crippen LogP contribution < -0.4 is 19.5 Å². The van der Waals surface area contributed by atoms with E-state index in [-0.39, 0.29) is 22.8 Å². The van der Waals surface area contributed by atoms with E-state index in [2.05, 4.69) is 5.32 Å². The first-order chi connectivity index (χ1) is 13.3. The summed E-state index contributed by atoms with van der Waals surface area (Å²) in [6.07, 6.45) is 0. The van der Waals surface area contributed by atoms with E-state index in [1.807, 2.05) is 0 Å². The average molecular weight is 408 g/mol. The van der Waals surface area contributed by atoms with Crippen LogP contribution in [0.2, 0.25) is 0 Å². The van der Waals surface area contributed by atoms with Gasteiger partial charge in [-0.05, 0) is 24.3 Å². The number of para-hydroxylation sites is 1. The molecule has 0 spiro atoms. The predicted molar refractivity (Wildman–Crippen MR) is 105 cm³/mol. The number of sulfonamides is 1. The molecular formula is C19H24N2O6S. The fourth-order valence-electron chi connectivity index (χ4n) is 2.59. The molecule has 0 atom stereocenters. The fourth-order valence-corrected chi connectivity index (χ4v) is 3.66. The van der Waals surface area contributed by atoms with E-state index in [4.69, 9.17) is 14.2 Å². The number of carbonyl (C=O) groups is 1. The SMILES string of the molecule is COc1ccc(C(=O)NCc2cccc(OC)c2OC)cc1S(=O)(=O)N(C)C. The molecule has 0 unspecified atom stereocenters. The van der Waals surface area contributed by atoms with Crippen LogP contribution in [0.25, 0.3) is 0 Å². The Labute approximate surface area is 165 Å². The first-order valence-corrected chi connectivity index (χ1v) is 9.78. The Balaban J connectivity index is 2.29. The van der Waals surface area contributed by atoms with Gasteiger partial charge in [-0.2, -0.15) is 0 Å². The van der Waals surface area contributed by atoms with Crippen LogP contribution in [0.15, 0.2) is 41.3 Å². The van der Waals surface area contributed by atoms with Gasteiger partial charge in [-0.1, -0.05) is 12.1 Å². The molecule has 0 aromatic heterocycles. The molecule has 1 amide bonds. The van der Waals surface area contributed by atoms with Crippen LogP contribution in [0, 0.1) is 0 Å². The van der Waals surface area contributed by atoms with E-state index in [0.717, 1.165) is 9.87 Å². The zero-order valence-electron chi connectivity index (χ0n) is 16.5. The molecule has 2 rings (SSSR count). The van der Waals surface area contributed by atoms with Crippen molar-refractivity contribution in [3.8, 4) is 17.2 Å². The third-order valence-corrected chi connectivity index (χ3v) is 5.94. The summed E-state index contributed by atoms with van der Waals surface area (Å²) in [6.45, 7) is 0.182. The molecule has 2 aromatic rings. The summed E-state index contributed by atoms with van der Waals surface area (Å²) >= 11 is 0. The molecule has 0 aliphatic carbocycles. The second kappa shape index (κ2) is 8.94. The average Bonchev–Trinajstić information content (AvgIpc) is 2.70. The summed E-state index contributed by atoms with van der Waals surface area (Å²) < 4.78 is 41.8. The Morgan fingerprint density at radius 2 is 1.68 bits per heavy atom. The van der Waals surface area contributed by atoms with Crippen molar-refractivity contribution >= 4 is 15.9 Å². The highest BCUT2D eigenvalue weighted by Gasteiger charge is 2.24. The first-order valence-electron chi connectivity index (χ1n) is 8.34. The normalized spacial score (nSPS) is 11.2. The lowest BCUT2D eigenvalue weighted by molar-refractivity contribution is 0.0950. The quantitative estimate of drug-likeness (QED) is 0.717. The number of carbonyl (C=O) groups excluding carboxylic acids is 1. The molecule has 0 heterocycles. The van der Waals surface area contributed by atoms with Crippen LogP contribution in [-0.4, -0.2) is 54.1 Å². The number of benzene rings is 2. The zero-order valence-corrected chi connectivity index (χ0v) is 17.3. The van der Waals surface area contributed by atoms with Gasteiger partial charge in [0.1, 0.15) is 10.6 Å². The van der Waals surface area contributed by atoms with Crippen LogP contribution in [0.4, 0.5) is 0 Å². The minimum atomic E-state index is -3.77. The van der Waals surface area contributed by atoms with Crippen molar-refractivity contribution < 1.29 is 27.4 Å². The fraction of sp³-hybridized carbons (Fsp3) is 0.316. The van der Waals surface area contributed by atoms with Gasteiger partial charge in [0.25, 0.3) is 5.91 Å². The van der Waals surface area contributed by atoms with E-state index in [1.54, 1.807) is 18.2 Å². The second-order valence-corrected chi connectivity index (χ2v) is 8.11. The van der Waals surface area contributed by atoms with Gasteiger partial charge in [-0.25, -0.2) is 12.7 Å². The number of methoxy groups -OCH3 is 3. The predicted octanol–water partition coefficient (Wildman–Crippen LogP) is 1.89. The van der Waals surface area contributed by atoms with Gasteiger partial charge >= 0.3 is 0 Å². The number of hydrogen-bond donors (Lipinski definition) is 1. The summed E-state index contributed by atoms with van der Waals surface area (Å²) in [7, 11) is 3.48. The summed E-state index contributed by atoms with van der Waals surface area (Å²) in [5, 5.41) is 2.76. The Morgan fingerprint density at radius 1 is 1.00 bits per heavy atom. The molecule has 0 aliphatic rings. The van der Waals surface area contributed by atoms with Crippen molar-refractivity contribution in [3.63, 3.8) is 0 Å². The Hall–Kier alpha value is -2.78. The van der Waals surface area contributed by atoms with Gasteiger partial charge in [-0.15, -0.1) is 0 Å². The maximum atomic E-state index is 12.6. The van der Waals surface area contributed by atoms with Gasteiger partial charge in [0, 0.05) is 31.8 Å². The number of nitrogens with zero attached hydrogens (tertiary/aromatic N) is 1. The Bertz CT molecular complexity index is 957. The van der Waals surface area contributed by atoms with Gasteiger partial charge in [0.15, 0.2) is 11.5 Å². The molecule has 28 heavy (non-hydrogen) atoms. The number of amides is 1. The second-order valence-electron chi connectivity index (χ2n) is 5.99. The Morgan fingerprint density at radius 3 is 2.25 bits per heavy atom. The third-order valence-electron chi connectivity index (χ3n) is 4.11. The van der Waals surface area contributed by atoms with Crippen LogP contribution >= 0.6 is 0 Å². The highest BCUT2D eigenvalue weighted by molar-refractivity contribution is 7.89. The maximum absolute atomic E-state index is 12.6. The van der Waals surface area contributed by atoms with E-state index >= 15 is 0 Å². The van der Waals surface area contributed by atoms with Crippen molar-refractivity contribution in [2.24, 2.45) is 0 Å². The zero-order chi connectivity index (χ0) is 20.9. The lowest BCUT2D eigenvalue weighted by Crippen LogP contribution is -2.25. The summed E-state index contributed by atoms with van der Waals surface area (Å²) in [6, 6.07) is 9.61. The minimum absolute atomic E-state index is 0.0772. The number of hydrogen-bond acceptors (Lipinski definition) is 6. The van der Waals surface area contributed by atoms with E-state index in [0.29, 0.717) is 11.5 Å². The maximum Gasteiger partial charge on any atom is 0.251 e. The lowest BCUT2D eigenvalue weighted by Gasteiger charge is -2.16.